The third-order valence-electron chi connectivity index (χ3n) is 1.79. The summed E-state index contributed by atoms with van der Waals surface area (Å²) in [5, 5.41) is 0. The van der Waals surface area contributed by atoms with Crippen molar-refractivity contribution in [2.24, 2.45) is 0 Å². The van der Waals surface area contributed by atoms with Crippen LogP contribution in [0.3, 0.4) is 0 Å². The number of hydrogen-bond acceptors (Lipinski definition) is 0. The molecule has 0 saturated heterocycles. The first-order valence-corrected chi connectivity index (χ1v) is 5.85. The Labute approximate surface area is 83.9 Å². The average molecular weight is 342 g/mol. The standard InChI is InChI=1S/C10H13.Bi/c1-2-3-7-10-8-5-4-6-9-10;/h4-6,8H,2-3,7H2,1H3;. The van der Waals surface area contributed by atoms with Gasteiger partial charge >= 0.3 is 84.0 Å². The van der Waals surface area contributed by atoms with E-state index in [-0.39, 0.29) is 0 Å². The molecule has 0 nitrogen and oxygen atoms in total. The fraction of sp³-hybridized carbons (Fsp3) is 0.400. The zero-order valence-electron chi connectivity index (χ0n) is 6.88. The molecule has 0 fully saturated rings. The second kappa shape index (κ2) is 4.88. The van der Waals surface area contributed by atoms with Crippen molar-refractivity contribution in [2.45, 2.75) is 26.2 Å². The van der Waals surface area contributed by atoms with Gasteiger partial charge in [-0.1, -0.05) is 0 Å². The van der Waals surface area contributed by atoms with Crippen molar-refractivity contribution in [1.29, 1.82) is 0 Å². The van der Waals surface area contributed by atoms with Crippen molar-refractivity contribution in [2.75, 3.05) is 0 Å². The molecule has 0 aliphatic heterocycles. The van der Waals surface area contributed by atoms with Crippen LogP contribution in [0.25, 0.3) is 0 Å². The molecule has 0 amide bonds. The summed E-state index contributed by atoms with van der Waals surface area (Å²) in [7, 11) is 0. The molecule has 1 aromatic rings. The van der Waals surface area contributed by atoms with Crippen molar-refractivity contribution in [1.82, 2.24) is 0 Å². The predicted molar refractivity (Wildman–Crippen MR) is 50.4 cm³/mol. The molecule has 0 unspecified atom stereocenters. The van der Waals surface area contributed by atoms with Crippen LogP contribution in [0, 0.1) is 0 Å². The van der Waals surface area contributed by atoms with Crippen LogP contribution in [-0.2, 0) is 6.42 Å². The third kappa shape index (κ3) is 2.91. The molecule has 0 spiro atoms. The second-order valence-corrected chi connectivity index (χ2v) is 4.61. The molecule has 11 heavy (non-hydrogen) atoms. The summed E-state index contributed by atoms with van der Waals surface area (Å²) >= 11 is 1.39. The van der Waals surface area contributed by atoms with E-state index < -0.39 is 0 Å². The first kappa shape index (κ1) is 9.19. The summed E-state index contributed by atoms with van der Waals surface area (Å²) in [6, 6.07) is 8.76. The summed E-state index contributed by atoms with van der Waals surface area (Å²) in [6.07, 6.45) is 3.89. The fourth-order valence-corrected chi connectivity index (χ4v) is 2.15. The van der Waals surface area contributed by atoms with Gasteiger partial charge < -0.3 is 0 Å². The molecule has 1 heteroatoms. The van der Waals surface area contributed by atoms with Crippen LogP contribution in [0.15, 0.2) is 24.3 Å². The molecule has 58 valence electrons. The van der Waals surface area contributed by atoms with Gasteiger partial charge in [0, 0.05) is 0 Å². The quantitative estimate of drug-likeness (QED) is 0.736. The number of rotatable bonds is 3. The van der Waals surface area contributed by atoms with E-state index in [0.29, 0.717) is 0 Å². The van der Waals surface area contributed by atoms with Crippen LogP contribution in [0.5, 0.6) is 0 Å². The van der Waals surface area contributed by atoms with Gasteiger partial charge in [0.2, 0.25) is 0 Å². The molecule has 0 N–H and O–H groups in total. The number of hydrogen-bond donors (Lipinski definition) is 0. The molecule has 0 aliphatic carbocycles. The van der Waals surface area contributed by atoms with Gasteiger partial charge in [0.15, 0.2) is 0 Å². The van der Waals surface area contributed by atoms with Crippen molar-refractivity contribution >= 4 is 28.0 Å². The van der Waals surface area contributed by atoms with Crippen LogP contribution >= 0.6 is 0 Å². The third-order valence-corrected chi connectivity index (χ3v) is 3.49. The fourth-order valence-electron chi connectivity index (χ4n) is 1.09. The molecular formula is C10H13Bi. The molecule has 0 saturated carbocycles. The average Bonchev–Trinajstić information content (AvgIpc) is 2.03. The van der Waals surface area contributed by atoms with Gasteiger partial charge in [0.1, 0.15) is 0 Å². The SMILES string of the molecule is CCCCc1cccc[c]1[Bi]. The van der Waals surface area contributed by atoms with Crippen molar-refractivity contribution in [3.63, 3.8) is 0 Å². The van der Waals surface area contributed by atoms with E-state index in [4.69, 9.17) is 0 Å². The summed E-state index contributed by atoms with van der Waals surface area (Å²) < 4.78 is 1.54. The maximum absolute atomic E-state index is 2.25. The first-order chi connectivity index (χ1) is 5.34. The molecule has 1 aromatic carbocycles. The molecule has 0 atom stereocenters. The van der Waals surface area contributed by atoms with Gasteiger partial charge in [-0.05, 0) is 0 Å². The Hall–Kier alpha value is 0.103. The van der Waals surface area contributed by atoms with E-state index in [1.165, 1.54) is 44.0 Å². The van der Waals surface area contributed by atoms with Gasteiger partial charge in [0.25, 0.3) is 0 Å². The Kier molecular flexibility index (Phi) is 4.08. The van der Waals surface area contributed by atoms with Crippen molar-refractivity contribution in [3.8, 4) is 0 Å². The van der Waals surface area contributed by atoms with Crippen LogP contribution in [0.2, 0.25) is 0 Å². The Morgan fingerprint density at radius 2 is 2.00 bits per heavy atom. The Morgan fingerprint density at radius 1 is 1.27 bits per heavy atom. The molecule has 0 heterocycles. The molecule has 0 aliphatic rings. The number of unbranched alkanes of at least 4 members (excludes halogenated alkanes) is 1. The second-order valence-electron chi connectivity index (χ2n) is 2.73. The summed E-state index contributed by atoms with van der Waals surface area (Å²) in [6.45, 7) is 2.24. The molecule has 1 rings (SSSR count). The van der Waals surface area contributed by atoms with Gasteiger partial charge in [-0.25, -0.2) is 0 Å². The molecule has 0 aromatic heterocycles. The minimum absolute atomic E-state index is 1.27. The Balaban J connectivity index is 2.62. The molecule has 0 bridgehead atoms. The summed E-state index contributed by atoms with van der Waals surface area (Å²) in [4.78, 5) is 0. The maximum atomic E-state index is 2.25. The van der Waals surface area contributed by atoms with Crippen LogP contribution < -0.4 is 3.27 Å². The van der Waals surface area contributed by atoms with Crippen LogP contribution in [0.1, 0.15) is 25.3 Å². The monoisotopic (exact) mass is 342 g/mol. The van der Waals surface area contributed by atoms with Crippen molar-refractivity contribution < 1.29 is 0 Å². The van der Waals surface area contributed by atoms with E-state index >= 15 is 0 Å². The molecule has 2 radical (unpaired) electrons. The predicted octanol–water partition coefficient (Wildman–Crippen LogP) is 1.82. The number of aryl methyl sites for hydroxylation is 1. The zero-order valence-corrected chi connectivity index (χ0v) is 10.4. The van der Waals surface area contributed by atoms with Crippen LogP contribution in [-0.4, -0.2) is 24.7 Å². The number of benzene rings is 1. The summed E-state index contributed by atoms with van der Waals surface area (Å²) in [5.41, 5.74) is 1.56. The summed E-state index contributed by atoms with van der Waals surface area (Å²) in [5.74, 6) is 0. The normalized spacial score (nSPS) is 10.0. The first-order valence-electron chi connectivity index (χ1n) is 4.11. The zero-order chi connectivity index (χ0) is 8.10. The van der Waals surface area contributed by atoms with Crippen LogP contribution in [0.4, 0.5) is 0 Å². The van der Waals surface area contributed by atoms with Crippen molar-refractivity contribution in [3.05, 3.63) is 29.8 Å². The topological polar surface area (TPSA) is 0 Å². The van der Waals surface area contributed by atoms with E-state index in [1.54, 1.807) is 8.83 Å². The minimum atomic E-state index is 1.27. The van der Waals surface area contributed by atoms with E-state index in [2.05, 4.69) is 31.2 Å². The molecular weight excluding hydrogens is 329 g/mol. The Morgan fingerprint density at radius 3 is 2.64 bits per heavy atom. The van der Waals surface area contributed by atoms with Gasteiger partial charge in [-0.3, -0.25) is 0 Å². The van der Waals surface area contributed by atoms with E-state index in [9.17, 15) is 0 Å². The Bertz CT molecular complexity index is 218. The van der Waals surface area contributed by atoms with Gasteiger partial charge in [0.05, 0.1) is 0 Å². The van der Waals surface area contributed by atoms with Gasteiger partial charge in [-0.15, -0.1) is 0 Å². The van der Waals surface area contributed by atoms with E-state index in [0.717, 1.165) is 0 Å². The van der Waals surface area contributed by atoms with E-state index in [1.807, 2.05) is 0 Å². The van der Waals surface area contributed by atoms with Gasteiger partial charge in [-0.2, -0.15) is 0 Å².